The quantitative estimate of drug-likeness (QED) is 0.165. The average molecular weight is 752 g/mol. The standard InChI is InChI=1S/C42H33ClF3N3O5/c1-22-10-9-15-27(36(22)51)35-25-16-17-26-34(40(54)49(39(26)53)48(2)38-31(43)18-19-32(47-38)42(44,45)46)29(25)20-30-37(52)28(23-11-5-3-6-12-23)21-33(50)41(30,35)24-13-7-4-8-14-24/h3-16,18-19,21,26,29-30,34-35,51H,17,20H2,1-2H3/t26-,29+,30-,34-,35+,41-/m0/s1. The summed E-state index contributed by atoms with van der Waals surface area (Å²) in [5.74, 6) is -7.15. The van der Waals surface area contributed by atoms with Crippen molar-refractivity contribution in [3.8, 4) is 5.75 Å². The van der Waals surface area contributed by atoms with Gasteiger partial charge in [-0.1, -0.05) is 102 Å². The minimum Gasteiger partial charge on any atom is -0.507 e. The number of alkyl halides is 3. The zero-order valence-electron chi connectivity index (χ0n) is 29.0. The molecular weight excluding hydrogens is 719 g/mol. The fourth-order valence-electron chi connectivity index (χ4n) is 9.32. The molecule has 8 nitrogen and oxygen atoms in total. The first-order valence-electron chi connectivity index (χ1n) is 17.5. The number of carbonyl (C=O) groups is 4. The van der Waals surface area contributed by atoms with Gasteiger partial charge < -0.3 is 5.11 Å². The van der Waals surface area contributed by atoms with Crippen molar-refractivity contribution < 1.29 is 37.5 Å². The lowest BCUT2D eigenvalue weighted by Crippen LogP contribution is -2.59. The third-order valence-electron chi connectivity index (χ3n) is 11.7. The van der Waals surface area contributed by atoms with Gasteiger partial charge in [-0.15, -0.1) is 0 Å². The van der Waals surface area contributed by atoms with Crippen LogP contribution < -0.4 is 5.01 Å². The van der Waals surface area contributed by atoms with Gasteiger partial charge in [0.05, 0.1) is 22.3 Å². The molecule has 1 saturated carbocycles. The van der Waals surface area contributed by atoms with Crippen molar-refractivity contribution in [1.29, 1.82) is 0 Å². The first-order valence-corrected chi connectivity index (χ1v) is 17.9. The van der Waals surface area contributed by atoms with Crippen LogP contribution in [-0.4, -0.2) is 45.5 Å². The molecule has 1 aromatic heterocycles. The Balaban J connectivity index is 1.31. The number of imide groups is 1. The van der Waals surface area contributed by atoms with E-state index in [1.54, 1.807) is 79.7 Å². The van der Waals surface area contributed by atoms with E-state index in [1.165, 1.54) is 13.1 Å². The number of halogens is 4. The Morgan fingerprint density at radius 2 is 1.57 bits per heavy atom. The minimum absolute atomic E-state index is 0.0128. The maximum atomic E-state index is 15.1. The number of fused-ring (bicyclic) bond motifs is 4. The number of phenolic OH excluding ortho intramolecular Hbond substituents is 1. The number of anilines is 1. The second-order valence-electron chi connectivity index (χ2n) is 14.3. The van der Waals surface area contributed by atoms with Crippen LogP contribution in [0.1, 0.15) is 46.7 Å². The molecule has 0 spiro atoms. The zero-order chi connectivity index (χ0) is 38.3. The Morgan fingerprint density at radius 3 is 2.26 bits per heavy atom. The molecule has 0 bridgehead atoms. The number of aromatic hydroxyl groups is 1. The third-order valence-corrected chi connectivity index (χ3v) is 12.0. The van der Waals surface area contributed by atoms with Crippen LogP contribution >= 0.6 is 11.6 Å². The summed E-state index contributed by atoms with van der Waals surface area (Å²) in [6.45, 7) is 1.73. The summed E-state index contributed by atoms with van der Waals surface area (Å²) < 4.78 is 41.1. The molecule has 2 amide bonds. The van der Waals surface area contributed by atoms with Crippen molar-refractivity contribution >= 4 is 46.4 Å². The molecule has 2 heterocycles. The number of amides is 2. The van der Waals surface area contributed by atoms with Crippen molar-refractivity contribution in [3.63, 3.8) is 0 Å². The zero-order valence-corrected chi connectivity index (χ0v) is 29.8. The predicted octanol–water partition coefficient (Wildman–Crippen LogP) is 7.64. The molecule has 4 aliphatic rings. The van der Waals surface area contributed by atoms with Gasteiger partial charge in [-0.2, -0.15) is 18.2 Å². The van der Waals surface area contributed by atoms with E-state index in [1.807, 2.05) is 12.1 Å². The monoisotopic (exact) mass is 751 g/mol. The number of pyridine rings is 1. The Bertz CT molecular complexity index is 2310. The lowest BCUT2D eigenvalue weighted by Gasteiger charge is -2.55. The molecule has 0 radical (unpaired) electrons. The highest BCUT2D eigenvalue weighted by Crippen LogP contribution is 2.64. The number of hydrogen-bond acceptors (Lipinski definition) is 7. The normalized spacial score (nSPS) is 26.5. The topological polar surface area (TPSA) is 108 Å². The number of allylic oxidation sites excluding steroid dienone is 4. The molecule has 1 saturated heterocycles. The van der Waals surface area contributed by atoms with E-state index in [4.69, 9.17) is 11.6 Å². The van der Waals surface area contributed by atoms with Gasteiger partial charge in [0.25, 0.3) is 11.8 Å². The van der Waals surface area contributed by atoms with Gasteiger partial charge in [0.2, 0.25) is 0 Å². The summed E-state index contributed by atoms with van der Waals surface area (Å²) in [6.07, 6.45) is -1.48. The maximum Gasteiger partial charge on any atom is 0.433 e. The summed E-state index contributed by atoms with van der Waals surface area (Å²) in [6, 6.07) is 24.8. The van der Waals surface area contributed by atoms with Crippen molar-refractivity contribution in [1.82, 2.24) is 9.99 Å². The molecule has 6 atom stereocenters. The summed E-state index contributed by atoms with van der Waals surface area (Å²) in [5, 5.41) is 13.3. The SMILES string of the molecule is Cc1cccc([C@H]2C3=CC[C@@H]4C(=O)N(N(C)c5nc(C(F)(F)F)ccc5Cl)C(=O)[C@@H]4[C@@H]3C[C@H]3C(=O)C(c4ccccc4)=CC(=O)[C@@]23c2ccccc2)c1O. The first-order chi connectivity index (χ1) is 25.8. The van der Waals surface area contributed by atoms with E-state index in [0.29, 0.717) is 33.9 Å². The molecule has 54 heavy (non-hydrogen) atoms. The highest BCUT2D eigenvalue weighted by Gasteiger charge is 2.66. The molecule has 1 aliphatic heterocycles. The molecule has 3 aromatic carbocycles. The van der Waals surface area contributed by atoms with Crippen LogP contribution in [0, 0.1) is 30.6 Å². The Labute approximate surface area is 313 Å². The van der Waals surface area contributed by atoms with Gasteiger partial charge in [-0.3, -0.25) is 24.2 Å². The second kappa shape index (κ2) is 12.8. The Morgan fingerprint density at radius 1 is 0.889 bits per heavy atom. The van der Waals surface area contributed by atoms with E-state index in [0.717, 1.165) is 16.1 Å². The van der Waals surface area contributed by atoms with Gasteiger partial charge in [-0.05, 0) is 60.6 Å². The number of rotatable bonds is 5. The average Bonchev–Trinajstić information content (AvgIpc) is 3.42. The molecule has 274 valence electrons. The van der Waals surface area contributed by atoms with Gasteiger partial charge in [-0.25, -0.2) is 4.98 Å². The number of benzene rings is 3. The summed E-state index contributed by atoms with van der Waals surface area (Å²) in [4.78, 5) is 62.7. The largest absolute Gasteiger partial charge is 0.507 e. The number of para-hydroxylation sites is 1. The number of aromatic nitrogens is 1. The Hall–Kier alpha value is -5.55. The molecule has 0 unspecified atom stereocenters. The van der Waals surface area contributed by atoms with Crippen molar-refractivity contribution in [2.45, 2.75) is 37.3 Å². The minimum atomic E-state index is -4.81. The molecule has 4 aromatic rings. The van der Waals surface area contributed by atoms with Crippen LogP contribution in [0.15, 0.2) is 109 Å². The Kier molecular flexibility index (Phi) is 8.41. The molecule has 3 aliphatic carbocycles. The number of hydrazine groups is 1. The van der Waals surface area contributed by atoms with Crippen LogP contribution in [0.2, 0.25) is 5.02 Å². The molecule has 2 fully saturated rings. The number of carbonyl (C=O) groups excluding carboxylic acids is 4. The predicted molar refractivity (Wildman–Crippen MR) is 194 cm³/mol. The molecule has 12 heteroatoms. The van der Waals surface area contributed by atoms with Crippen molar-refractivity contribution in [2.75, 3.05) is 12.1 Å². The van der Waals surface area contributed by atoms with Crippen LogP contribution in [-0.2, 0) is 30.8 Å². The summed E-state index contributed by atoms with van der Waals surface area (Å²) in [5.41, 5.74) is 0.160. The van der Waals surface area contributed by atoms with E-state index in [9.17, 15) is 27.9 Å². The van der Waals surface area contributed by atoms with Crippen LogP contribution in [0.5, 0.6) is 5.75 Å². The first kappa shape index (κ1) is 35.5. The van der Waals surface area contributed by atoms with E-state index < -0.39 is 64.5 Å². The summed E-state index contributed by atoms with van der Waals surface area (Å²) >= 11 is 6.31. The number of ketones is 2. The lowest BCUT2D eigenvalue weighted by atomic mass is 9.44. The number of phenols is 1. The molecular formula is C42H33ClF3N3O5. The van der Waals surface area contributed by atoms with Gasteiger partial charge >= 0.3 is 6.18 Å². The van der Waals surface area contributed by atoms with E-state index >= 15 is 9.59 Å². The third kappa shape index (κ3) is 5.15. The fourth-order valence-corrected chi connectivity index (χ4v) is 9.55. The summed E-state index contributed by atoms with van der Waals surface area (Å²) in [7, 11) is 1.25. The van der Waals surface area contributed by atoms with Crippen molar-refractivity contribution in [2.24, 2.45) is 23.7 Å². The van der Waals surface area contributed by atoms with Crippen LogP contribution in [0.4, 0.5) is 19.0 Å². The molecule has 8 rings (SSSR count). The maximum absolute atomic E-state index is 15.1. The van der Waals surface area contributed by atoms with Crippen LogP contribution in [0.3, 0.4) is 0 Å². The van der Waals surface area contributed by atoms with E-state index in [-0.39, 0.29) is 40.8 Å². The van der Waals surface area contributed by atoms with Gasteiger partial charge in [0.1, 0.15) is 11.4 Å². The molecule has 1 N–H and O–H groups in total. The fraction of sp³-hybridized carbons (Fsp3) is 0.262. The number of Topliss-reactive ketones (excluding diaryl/α,β-unsaturated/α-hetero) is 1. The van der Waals surface area contributed by atoms with Crippen molar-refractivity contribution in [3.05, 3.63) is 142 Å². The highest BCUT2D eigenvalue weighted by atomic mass is 35.5. The smallest absolute Gasteiger partial charge is 0.433 e. The van der Waals surface area contributed by atoms with E-state index in [2.05, 4.69) is 4.98 Å². The lowest BCUT2D eigenvalue weighted by molar-refractivity contribution is -0.141. The highest BCUT2D eigenvalue weighted by molar-refractivity contribution is 6.33. The van der Waals surface area contributed by atoms with Gasteiger partial charge in [0.15, 0.2) is 17.4 Å². The van der Waals surface area contributed by atoms with Gasteiger partial charge in [0, 0.05) is 30.0 Å². The number of aryl methyl sites for hydroxylation is 1. The second-order valence-corrected chi connectivity index (χ2v) is 14.7. The number of nitrogens with zero attached hydrogens (tertiary/aromatic N) is 3. The van der Waals surface area contributed by atoms with Crippen LogP contribution in [0.25, 0.3) is 5.57 Å². The number of hydrogen-bond donors (Lipinski definition) is 1.